The lowest BCUT2D eigenvalue weighted by Crippen LogP contribution is -2.56. The van der Waals surface area contributed by atoms with Crippen LogP contribution in [-0.2, 0) is 23.9 Å². The van der Waals surface area contributed by atoms with Crippen LogP contribution in [-0.4, -0.2) is 71.3 Å². The molecule has 1 aromatic carbocycles. The molecular formula is C31H41ClN2O6. The van der Waals surface area contributed by atoms with E-state index in [4.69, 9.17) is 21.1 Å². The standard InChI is InChI=1S/C31H41ClN2O6/c1-5-7-8-11-20-39-29(38)24-23-27(36)34(18-9-10-19-35)26(31(23)16-15-30(24,4)40-31)28(37)33(17-6-2)25-21(3)13-12-14-22(25)32/h5-6,12-14,23-24,26,35H,1-2,7-11,15-20H2,3-4H3/t23-,24+,26?,30-,31?/m0/s1. The molecule has 3 heterocycles. The number of benzene rings is 1. The molecule has 1 aromatic rings. The molecule has 8 nitrogen and oxygen atoms in total. The number of hydrogen-bond donors (Lipinski definition) is 1. The van der Waals surface area contributed by atoms with E-state index >= 15 is 0 Å². The second-order valence-electron chi connectivity index (χ2n) is 11.3. The van der Waals surface area contributed by atoms with Crippen molar-refractivity contribution >= 4 is 35.1 Å². The number of aliphatic hydroxyl groups is 1. The first-order valence-corrected chi connectivity index (χ1v) is 14.6. The highest BCUT2D eigenvalue weighted by Gasteiger charge is 2.78. The van der Waals surface area contributed by atoms with Gasteiger partial charge in [-0.05, 0) is 70.4 Å². The minimum Gasteiger partial charge on any atom is -0.465 e. The number of halogens is 1. The van der Waals surface area contributed by atoms with Crippen LogP contribution in [0.3, 0.4) is 0 Å². The summed E-state index contributed by atoms with van der Waals surface area (Å²) < 4.78 is 12.4. The average molecular weight is 573 g/mol. The van der Waals surface area contributed by atoms with Gasteiger partial charge in [0.1, 0.15) is 17.6 Å². The Hall–Kier alpha value is -2.68. The fraction of sp³-hybridized carbons (Fsp3) is 0.581. The van der Waals surface area contributed by atoms with Gasteiger partial charge < -0.3 is 24.4 Å². The van der Waals surface area contributed by atoms with Crippen molar-refractivity contribution in [2.75, 3.05) is 31.2 Å². The highest BCUT2D eigenvalue weighted by atomic mass is 35.5. The number of anilines is 1. The molecule has 40 heavy (non-hydrogen) atoms. The molecule has 3 aliphatic heterocycles. The summed E-state index contributed by atoms with van der Waals surface area (Å²) in [4.78, 5) is 45.4. The molecule has 0 saturated carbocycles. The highest BCUT2D eigenvalue weighted by molar-refractivity contribution is 6.34. The van der Waals surface area contributed by atoms with Crippen LogP contribution in [0.15, 0.2) is 43.5 Å². The Balaban J connectivity index is 1.72. The molecule has 4 rings (SSSR count). The van der Waals surface area contributed by atoms with E-state index in [1.807, 2.05) is 32.1 Å². The first-order valence-electron chi connectivity index (χ1n) is 14.2. The van der Waals surface area contributed by atoms with Crippen LogP contribution < -0.4 is 4.90 Å². The van der Waals surface area contributed by atoms with Gasteiger partial charge in [-0.25, -0.2) is 0 Å². The molecule has 0 aliphatic carbocycles. The second kappa shape index (κ2) is 12.5. The van der Waals surface area contributed by atoms with Gasteiger partial charge in [0.05, 0.1) is 28.8 Å². The summed E-state index contributed by atoms with van der Waals surface area (Å²) in [6.07, 6.45) is 7.86. The van der Waals surface area contributed by atoms with E-state index in [-0.39, 0.29) is 38.1 Å². The number of aryl methyl sites for hydroxylation is 1. The number of carbonyl (C=O) groups excluding carboxylic acids is 3. The quantitative estimate of drug-likeness (QED) is 0.199. The number of aliphatic hydroxyl groups excluding tert-OH is 1. The Kier molecular flexibility index (Phi) is 9.43. The molecule has 9 heteroatoms. The van der Waals surface area contributed by atoms with E-state index in [9.17, 15) is 19.5 Å². The zero-order valence-electron chi connectivity index (χ0n) is 23.6. The molecular weight excluding hydrogens is 532 g/mol. The highest BCUT2D eigenvalue weighted by Crippen LogP contribution is 2.63. The van der Waals surface area contributed by atoms with E-state index in [2.05, 4.69) is 13.2 Å². The summed E-state index contributed by atoms with van der Waals surface area (Å²) >= 11 is 6.60. The molecule has 218 valence electrons. The van der Waals surface area contributed by atoms with Crippen molar-refractivity contribution in [2.45, 2.75) is 76.0 Å². The molecule has 5 atom stereocenters. The third-order valence-corrected chi connectivity index (χ3v) is 8.96. The molecule has 1 N–H and O–H groups in total. The number of nitrogens with zero attached hydrogens (tertiary/aromatic N) is 2. The van der Waals surface area contributed by atoms with E-state index in [1.165, 1.54) is 0 Å². The number of rotatable bonds is 14. The third kappa shape index (κ3) is 5.21. The van der Waals surface area contributed by atoms with Crippen LogP contribution in [0.25, 0.3) is 0 Å². The van der Waals surface area contributed by atoms with Gasteiger partial charge in [-0.1, -0.05) is 35.9 Å². The van der Waals surface area contributed by atoms with E-state index < -0.39 is 35.0 Å². The smallest absolute Gasteiger partial charge is 0.312 e. The van der Waals surface area contributed by atoms with Crippen LogP contribution in [0.1, 0.15) is 57.4 Å². The lowest BCUT2D eigenvalue weighted by atomic mass is 9.66. The maximum absolute atomic E-state index is 14.6. The Bertz CT molecular complexity index is 1140. The summed E-state index contributed by atoms with van der Waals surface area (Å²) in [5.41, 5.74) is -0.693. The summed E-state index contributed by atoms with van der Waals surface area (Å²) in [6.45, 7) is 12.0. The molecule has 2 bridgehead atoms. The summed E-state index contributed by atoms with van der Waals surface area (Å²) in [5, 5.41) is 9.82. The minimum absolute atomic E-state index is 0.0218. The first kappa shape index (κ1) is 30.3. The van der Waals surface area contributed by atoms with Crippen LogP contribution in [0, 0.1) is 18.8 Å². The molecule has 2 unspecified atom stereocenters. The number of amides is 2. The monoisotopic (exact) mass is 572 g/mol. The normalized spacial score (nSPS) is 28.4. The van der Waals surface area contributed by atoms with Crippen LogP contribution in [0.2, 0.25) is 5.02 Å². The molecule has 2 amide bonds. The van der Waals surface area contributed by atoms with Crippen molar-refractivity contribution in [1.82, 2.24) is 4.90 Å². The maximum atomic E-state index is 14.6. The molecule has 3 saturated heterocycles. The number of fused-ring (bicyclic) bond motifs is 1. The van der Waals surface area contributed by atoms with Crippen molar-refractivity contribution in [1.29, 1.82) is 0 Å². The number of hydrogen-bond acceptors (Lipinski definition) is 6. The number of likely N-dealkylation sites (tertiary alicyclic amines) is 1. The predicted molar refractivity (Wildman–Crippen MR) is 154 cm³/mol. The Labute approximate surface area is 241 Å². The zero-order chi connectivity index (χ0) is 29.1. The van der Waals surface area contributed by atoms with Gasteiger partial charge in [0.2, 0.25) is 5.91 Å². The van der Waals surface area contributed by atoms with Crippen LogP contribution in [0.4, 0.5) is 5.69 Å². The van der Waals surface area contributed by atoms with Gasteiger partial charge in [-0.15, -0.1) is 13.2 Å². The largest absolute Gasteiger partial charge is 0.465 e. The van der Waals surface area contributed by atoms with Crippen LogP contribution in [0.5, 0.6) is 0 Å². The Morgan fingerprint density at radius 3 is 2.67 bits per heavy atom. The number of para-hydroxylation sites is 1. The maximum Gasteiger partial charge on any atom is 0.312 e. The van der Waals surface area contributed by atoms with Crippen molar-refractivity contribution in [3.63, 3.8) is 0 Å². The number of esters is 1. The molecule has 1 spiro atoms. The van der Waals surface area contributed by atoms with Crippen molar-refractivity contribution < 1.29 is 29.0 Å². The van der Waals surface area contributed by atoms with Crippen molar-refractivity contribution in [3.05, 3.63) is 54.1 Å². The summed E-state index contributed by atoms with van der Waals surface area (Å²) in [7, 11) is 0. The topological polar surface area (TPSA) is 96.4 Å². The fourth-order valence-corrected chi connectivity index (χ4v) is 7.21. The number of allylic oxidation sites excluding steroid dienone is 1. The Morgan fingerprint density at radius 1 is 1.23 bits per heavy atom. The Morgan fingerprint density at radius 2 is 2.00 bits per heavy atom. The van der Waals surface area contributed by atoms with Gasteiger partial charge in [-0.3, -0.25) is 14.4 Å². The SMILES string of the molecule is C=CCCCCOC(=O)[C@H]1[C@H]2C(=O)N(CCCCO)C(C(=O)N(CC=C)c3c(C)cccc3Cl)C23CC[C@]1(C)O3. The predicted octanol–water partition coefficient (Wildman–Crippen LogP) is 4.60. The van der Waals surface area contributed by atoms with E-state index in [1.54, 1.807) is 21.9 Å². The van der Waals surface area contributed by atoms with Crippen molar-refractivity contribution in [3.8, 4) is 0 Å². The molecule has 3 fully saturated rings. The van der Waals surface area contributed by atoms with Gasteiger partial charge in [0, 0.05) is 19.7 Å². The van der Waals surface area contributed by atoms with Gasteiger partial charge in [-0.2, -0.15) is 0 Å². The lowest BCUT2D eigenvalue weighted by Gasteiger charge is -2.37. The minimum atomic E-state index is -1.16. The molecule has 0 aromatic heterocycles. The molecule has 3 aliphatic rings. The summed E-state index contributed by atoms with van der Waals surface area (Å²) in [6, 6.07) is 4.48. The van der Waals surface area contributed by atoms with E-state index in [0.717, 1.165) is 18.4 Å². The number of carbonyl (C=O) groups is 3. The van der Waals surface area contributed by atoms with Crippen LogP contribution >= 0.6 is 11.6 Å². The summed E-state index contributed by atoms with van der Waals surface area (Å²) in [5.74, 6) is -2.68. The average Bonchev–Trinajstić information content (AvgIpc) is 3.48. The zero-order valence-corrected chi connectivity index (χ0v) is 24.3. The lowest BCUT2D eigenvalue weighted by molar-refractivity contribution is -0.159. The van der Waals surface area contributed by atoms with Gasteiger partial charge in [0.25, 0.3) is 5.91 Å². The second-order valence-corrected chi connectivity index (χ2v) is 11.7. The van der Waals surface area contributed by atoms with E-state index in [0.29, 0.717) is 42.8 Å². The first-order chi connectivity index (χ1) is 19.2. The number of unbranched alkanes of at least 4 members (excludes halogenated alkanes) is 3. The van der Waals surface area contributed by atoms with Gasteiger partial charge in [0.15, 0.2) is 0 Å². The number of ether oxygens (including phenoxy) is 2. The third-order valence-electron chi connectivity index (χ3n) is 8.65. The fourth-order valence-electron chi connectivity index (χ4n) is 6.88. The molecule has 0 radical (unpaired) electrons. The van der Waals surface area contributed by atoms with Gasteiger partial charge >= 0.3 is 5.97 Å². The van der Waals surface area contributed by atoms with Crippen molar-refractivity contribution in [2.24, 2.45) is 11.8 Å².